The van der Waals surface area contributed by atoms with Crippen LogP contribution in [-0.4, -0.2) is 49.3 Å². The van der Waals surface area contributed by atoms with Gasteiger partial charge < -0.3 is 20.1 Å². The van der Waals surface area contributed by atoms with E-state index in [2.05, 4.69) is 23.6 Å². The van der Waals surface area contributed by atoms with Gasteiger partial charge in [0.2, 0.25) is 0 Å². The van der Waals surface area contributed by atoms with Crippen LogP contribution in [0.5, 0.6) is 0 Å². The second-order valence-electron chi connectivity index (χ2n) is 9.27. The van der Waals surface area contributed by atoms with Crippen LogP contribution >= 0.6 is 7.82 Å². The summed E-state index contributed by atoms with van der Waals surface area (Å²) in [5.41, 5.74) is 5.27. The van der Waals surface area contributed by atoms with Crippen LogP contribution in [0.1, 0.15) is 117 Å². The summed E-state index contributed by atoms with van der Waals surface area (Å²) in [4.78, 5) is 33.9. The Morgan fingerprint density at radius 3 is 1.97 bits per heavy atom. The van der Waals surface area contributed by atoms with Crippen LogP contribution in [0, 0.1) is 0 Å². The smallest absolute Gasteiger partial charge is 0.462 e. The summed E-state index contributed by atoms with van der Waals surface area (Å²) in [7, 11) is -4.34. The first-order valence-corrected chi connectivity index (χ1v) is 15.7. The molecular weight excluding hydrogens is 497 g/mol. The van der Waals surface area contributed by atoms with Gasteiger partial charge in [-0.05, 0) is 38.5 Å². The van der Waals surface area contributed by atoms with E-state index < -0.39 is 32.5 Å². The highest BCUT2D eigenvalue weighted by molar-refractivity contribution is 7.47. The van der Waals surface area contributed by atoms with E-state index in [0.717, 1.165) is 44.9 Å². The quantitative estimate of drug-likeness (QED) is 0.0546. The van der Waals surface area contributed by atoms with Gasteiger partial charge in [-0.3, -0.25) is 18.6 Å². The SMILES string of the molecule is CCCCCC/C=C\CCCCCCCC(=O)OC(COC(=O)CCCCC)COP(=O)(O)OCCN. The van der Waals surface area contributed by atoms with E-state index in [9.17, 15) is 19.0 Å². The van der Waals surface area contributed by atoms with Crippen molar-refractivity contribution in [2.24, 2.45) is 5.73 Å². The minimum absolute atomic E-state index is 0.0531. The van der Waals surface area contributed by atoms with Gasteiger partial charge in [0, 0.05) is 19.4 Å². The Morgan fingerprint density at radius 2 is 1.32 bits per heavy atom. The van der Waals surface area contributed by atoms with Crippen molar-refractivity contribution in [1.29, 1.82) is 0 Å². The Bertz CT molecular complexity index is 644. The van der Waals surface area contributed by atoms with E-state index in [1.165, 1.54) is 32.1 Å². The lowest BCUT2D eigenvalue weighted by Gasteiger charge is -2.19. The van der Waals surface area contributed by atoms with Crippen molar-refractivity contribution < 1.29 is 37.6 Å². The zero-order valence-corrected chi connectivity index (χ0v) is 24.1. The van der Waals surface area contributed by atoms with Crippen molar-refractivity contribution in [2.45, 2.75) is 123 Å². The maximum atomic E-state index is 12.3. The summed E-state index contributed by atoms with van der Waals surface area (Å²) >= 11 is 0. The summed E-state index contributed by atoms with van der Waals surface area (Å²) in [6.45, 7) is 3.47. The zero-order chi connectivity index (χ0) is 27.6. The maximum absolute atomic E-state index is 12.3. The molecule has 0 fully saturated rings. The Kier molecular flexibility index (Phi) is 24.2. The molecular formula is C27H52NO8P. The zero-order valence-electron chi connectivity index (χ0n) is 23.2. The highest BCUT2D eigenvalue weighted by atomic mass is 31.2. The molecule has 0 rings (SSSR count). The molecule has 0 spiro atoms. The molecule has 2 atom stereocenters. The number of hydrogen-bond acceptors (Lipinski definition) is 8. The molecule has 0 aliphatic rings. The Balaban J connectivity index is 4.24. The molecule has 0 amide bonds. The third-order valence-electron chi connectivity index (χ3n) is 5.65. The van der Waals surface area contributed by atoms with Crippen LogP contribution in [0.2, 0.25) is 0 Å². The largest absolute Gasteiger partial charge is 0.472 e. The van der Waals surface area contributed by atoms with E-state index >= 15 is 0 Å². The number of hydrogen-bond donors (Lipinski definition) is 2. The van der Waals surface area contributed by atoms with E-state index in [1.54, 1.807) is 0 Å². The molecule has 37 heavy (non-hydrogen) atoms. The van der Waals surface area contributed by atoms with Crippen molar-refractivity contribution in [3.63, 3.8) is 0 Å². The van der Waals surface area contributed by atoms with Gasteiger partial charge >= 0.3 is 19.8 Å². The highest BCUT2D eigenvalue weighted by Crippen LogP contribution is 2.43. The second kappa shape index (κ2) is 25.1. The number of esters is 2. The molecule has 0 radical (unpaired) electrons. The van der Waals surface area contributed by atoms with E-state index in [1.807, 2.05) is 6.92 Å². The molecule has 0 saturated heterocycles. The van der Waals surface area contributed by atoms with Crippen LogP contribution in [-0.2, 0) is 32.7 Å². The molecule has 10 heteroatoms. The maximum Gasteiger partial charge on any atom is 0.472 e. The Labute approximate surface area is 224 Å². The van der Waals surface area contributed by atoms with E-state index in [0.29, 0.717) is 12.8 Å². The number of carbonyl (C=O) groups excluding carboxylic acids is 2. The Hall–Kier alpha value is -1.25. The predicted octanol–water partition coefficient (Wildman–Crippen LogP) is 6.37. The first kappa shape index (κ1) is 35.8. The van der Waals surface area contributed by atoms with Crippen molar-refractivity contribution in [3.8, 4) is 0 Å². The summed E-state index contributed by atoms with van der Waals surface area (Å²) in [6, 6.07) is 0. The molecule has 0 aromatic rings. The fourth-order valence-corrected chi connectivity index (χ4v) is 4.27. The van der Waals surface area contributed by atoms with E-state index in [4.69, 9.17) is 19.7 Å². The normalized spacial score (nSPS) is 13.9. The molecule has 0 aliphatic heterocycles. The average Bonchev–Trinajstić information content (AvgIpc) is 2.87. The fraction of sp³-hybridized carbons (Fsp3) is 0.852. The molecule has 3 N–H and O–H groups in total. The number of nitrogens with two attached hydrogens (primary N) is 1. The van der Waals surface area contributed by atoms with Gasteiger partial charge in [0.05, 0.1) is 13.2 Å². The number of ether oxygens (including phenoxy) is 2. The molecule has 0 aromatic carbocycles. The number of allylic oxidation sites excluding steroid dienone is 2. The average molecular weight is 550 g/mol. The number of phosphoric acid groups is 1. The summed E-state index contributed by atoms with van der Waals surface area (Å²) in [5.74, 6) is -0.871. The van der Waals surface area contributed by atoms with Crippen molar-refractivity contribution in [2.75, 3.05) is 26.4 Å². The Morgan fingerprint density at radius 1 is 0.784 bits per heavy atom. The van der Waals surface area contributed by atoms with Crippen LogP contribution in [0.15, 0.2) is 12.2 Å². The van der Waals surface area contributed by atoms with Gasteiger partial charge in [-0.1, -0.05) is 77.4 Å². The van der Waals surface area contributed by atoms with Crippen LogP contribution < -0.4 is 5.73 Å². The molecule has 0 saturated carbocycles. The first-order chi connectivity index (χ1) is 17.8. The van der Waals surface area contributed by atoms with Gasteiger partial charge in [0.1, 0.15) is 6.61 Å². The summed E-state index contributed by atoms with van der Waals surface area (Å²) in [6.07, 6.45) is 19.0. The van der Waals surface area contributed by atoms with Gasteiger partial charge in [0.25, 0.3) is 0 Å². The minimum Gasteiger partial charge on any atom is -0.462 e. The van der Waals surface area contributed by atoms with Crippen LogP contribution in [0.3, 0.4) is 0 Å². The first-order valence-electron chi connectivity index (χ1n) is 14.2. The fourth-order valence-electron chi connectivity index (χ4n) is 3.51. The lowest BCUT2D eigenvalue weighted by atomic mass is 10.1. The van der Waals surface area contributed by atoms with Gasteiger partial charge in [0.15, 0.2) is 6.10 Å². The van der Waals surface area contributed by atoms with E-state index in [-0.39, 0.29) is 32.6 Å². The molecule has 0 heterocycles. The third-order valence-corrected chi connectivity index (χ3v) is 6.64. The van der Waals surface area contributed by atoms with Crippen LogP contribution in [0.4, 0.5) is 0 Å². The highest BCUT2D eigenvalue weighted by Gasteiger charge is 2.25. The lowest BCUT2D eigenvalue weighted by molar-refractivity contribution is -0.161. The molecule has 218 valence electrons. The molecule has 0 aliphatic carbocycles. The number of unbranched alkanes of at least 4 members (excludes halogenated alkanes) is 11. The van der Waals surface area contributed by atoms with Crippen LogP contribution in [0.25, 0.3) is 0 Å². The third kappa shape index (κ3) is 24.8. The number of phosphoric ester groups is 1. The number of rotatable bonds is 26. The second-order valence-corrected chi connectivity index (χ2v) is 10.7. The standard InChI is InChI=1S/C27H52NO8P/c1-3-5-7-8-9-10-11-12-13-14-15-16-18-20-27(30)36-25(23-33-26(29)19-17-6-4-2)24-35-37(31,32)34-22-21-28/h10-11,25H,3-9,12-24,28H2,1-2H3,(H,31,32)/b11-10-. The van der Waals surface area contributed by atoms with Crippen molar-refractivity contribution in [1.82, 2.24) is 0 Å². The molecule has 0 bridgehead atoms. The monoisotopic (exact) mass is 549 g/mol. The molecule has 9 nitrogen and oxygen atoms in total. The van der Waals surface area contributed by atoms with Gasteiger partial charge in [-0.25, -0.2) is 4.57 Å². The summed E-state index contributed by atoms with van der Waals surface area (Å²) in [5, 5.41) is 0. The predicted molar refractivity (Wildman–Crippen MR) is 146 cm³/mol. The summed E-state index contributed by atoms with van der Waals surface area (Å²) < 4.78 is 32.0. The lowest BCUT2D eigenvalue weighted by Crippen LogP contribution is -2.29. The van der Waals surface area contributed by atoms with Crippen molar-refractivity contribution >= 4 is 19.8 Å². The van der Waals surface area contributed by atoms with Gasteiger partial charge in [-0.15, -0.1) is 0 Å². The topological polar surface area (TPSA) is 134 Å². The number of carbonyl (C=O) groups is 2. The minimum atomic E-state index is -4.34. The molecule has 0 aromatic heterocycles. The molecule has 2 unspecified atom stereocenters. The van der Waals surface area contributed by atoms with Crippen molar-refractivity contribution in [3.05, 3.63) is 12.2 Å². The van der Waals surface area contributed by atoms with Gasteiger partial charge in [-0.2, -0.15) is 0 Å².